The second-order valence-electron chi connectivity index (χ2n) is 6.26. The molecule has 4 aromatic rings. The summed E-state index contributed by atoms with van der Waals surface area (Å²) >= 11 is 0. The average molecular weight is 387 g/mol. The standard InChI is InChI=1S/C22H17N3O4/c1-28-15-7-3-13(4-8-15)19-17-11-23-24-12-18(17)20(25-21(19)22(26)27)14-5-9-16(29-2)10-6-14/h3-12H,1-2H3,(H,26,27). The summed E-state index contributed by atoms with van der Waals surface area (Å²) in [7, 11) is 3.16. The van der Waals surface area contributed by atoms with Crippen molar-refractivity contribution in [2.24, 2.45) is 0 Å². The number of benzene rings is 2. The number of nitrogens with zero attached hydrogens (tertiary/aromatic N) is 3. The predicted molar refractivity (Wildman–Crippen MR) is 108 cm³/mol. The van der Waals surface area contributed by atoms with E-state index in [-0.39, 0.29) is 5.69 Å². The molecular formula is C22H17N3O4. The molecule has 2 aromatic heterocycles. The maximum absolute atomic E-state index is 12.1. The van der Waals surface area contributed by atoms with E-state index >= 15 is 0 Å². The summed E-state index contributed by atoms with van der Waals surface area (Å²) in [5.41, 5.74) is 2.42. The van der Waals surface area contributed by atoms with Crippen LogP contribution in [-0.4, -0.2) is 40.5 Å². The van der Waals surface area contributed by atoms with E-state index < -0.39 is 5.97 Å². The van der Waals surface area contributed by atoms with Gasteiger partial charge >= 0.3 is 5.97 Å². The van der Waals surface area contributed by atoms with E-state index in [0.29, 0.717) is 39.1 Å². The van der Waals surface area contributed by atoms with Gasteiger partial charge in [-0.1, -0.05) is 12.1 Å². The Labute approximate surface area is 166 Å². The predicted octanol–water partition coefficient (Wildman–Crippen LogP) is 4.07. The number of aromatic nitrogens is 3. The molecule has 0 atom stereocenters. The van der Waals surface area contributed by atoms with E-state index in [1.54, 1.807) is 63.0 Å². The van der Waals surface area contributed by atoms with Crippen LogP contribution in [0.2, 0.25) is 0 Å². The van der Waals surface area contributed by atoms with E-state index in [1.165, 1.54) is 0 Å². The fourth-order valence-electron chi connectivity index (χ4n) is 3.24. The second-order valence-corrected chi connectivity index (χ2v) is 6.26. The highest BCUT2D eigenvalue weighted by Gasteiger charge is 2.21. The van der Waals surface area contributed by atoms with Crippen LogP contribution in [0.25, 0.3) is 33.2 Å². The number of carboxylic acids is 1. The molecule has 0 unspecified atom stereocenters. The maximum atomic E-state index is 12.1. The Hall–Kier alpha value is -4.00. The fourth-order valence-corrected chi connectivity index (χ4v) is 3.24. The quantitative estimate of drug-likeness (QED) is 0.551. The van der Waals surface area contributed by atoms with Crippen LogP contribution in [-0.2, 0) is 0 Å². The van der Waals surface area contributed by atoms with Crippen LogP contribution in [0.1, 0.15) is 10.5 Å². The van der Waals surface area contributed by atoms with E-state index in [1.807, 2.05) is 12.1 Å². The molecule has 0 aliphatic rings. The van der Waals surface area contributed by atoms with E-state index in [0.717, 1.165) is 5.56 Å². The first kappa shape index (κ1) is 18.4. The van der Waals surface area contributed by atoms with Crippen LogP contribution in [0, 0.1) is 0 Å². The Kier molecular flexibility index (Phi) is 4.78. The number of rotatable bonds is 5. The minimum absolute atomic E-state index is 0.0542. The molecule has 2 heterocycles. The van der Waals surface area contributed by atoms with Gasteiger partial charge in [0.1, 0.15) is 11.5 Å². The summed E-state index contributed by atoms with van der Waals surface area (Å²) in [6.07, 6.45) is 3.16. The Bertz CT molecular complexity index is 1190. The third kappa shape index (κ3) is 3.34. The van der Waals surface area contributed by atoms with Gasteiger partial charge in [0.2, 0.25) is 0 Å². The highest BCUT2D eigenvalue weighted by molar-refractivity contribution is 6.09. The van der Waals surface area contributed by atoms with Gasteiger partial charge < -0.3 is 14.6 Å². The van der Waals surface area contributed by atoms with Crippen molar-refractivity contribution in [3.63, 3.8) is 0 Å². The lowest BCUT2D eigenvalue weighted by Crippen LogP contribution is -2.06. The third-order valence-electron chi connectivity index (χ3n) is 4.66. The molecule has 0 aliphatic carbocycles. The lowest BCUT2D eigenvalue weighted by atomic mass is 9.95. The van der Waals surface area contributed by atoms with E-state index in [2.05, 4.69) is 15.2 Å². The molecule has 0 fully saturated rings. The zero-order chi connectivity index (χ0) is 20.4. The van der Waals surface area contributed by atoms with Crippen LogP contribution in [0.3, 0.4) is 0 Å². The number of carboxylic acid groups (broad SMARTS) is 1. The number of fused-ring (bicyclic) bond motifs is 1. The first-order chi connectivity index (χ1) is 14.1. The number of pyridine rings is 1. The molecule has 7 heteroatoms. The summed E-state index contributed by atoms with van der Waals surface area (Å²) in [4.78, 5) is 16.6. The Morgan fingerprint density at radius 1 is 0.793 bits per heavy atom. The van der Waals surface area contributed by atoms with Gasteiger partial charge in [-0.15, -0.1) is 0 Å². The largest absolute Gasteiger partial charge is 0.497 e. The van der Waals surface area contributed by atoms with Crippen molar-refractivity contribution < 1.29 is 19.4 Å². The van der Waals surface area contributed by atoms with Gasteiger partial charge in [0.25, 0.3) is 0 Å². The van der Waals surface area contributed by atoms with Gasteiger partial charge in [-0.05, 0) is 42.0 Å². The van der Waals surface area contributed by atoms with E-state index in [9.17, 15) is 9.90 Å². The second kappa shape index (κ2) is 7.55. The third-order valence-corrected chi connectivity index (χ3v) is 4.66. The summed E-state index contributed by atoms with van der Waals surface area (Å²) in [6.45, 7) is 0. The van der Waals surface area contributed by atoms with Crippen molar-refractivity contribution in [1.29, 1.82) is 0 Å². The molecule has 7 nitrogen and oxygen atoms in total. The molecule has 2 aromatic carbocycles. The molecule has 0 radical (unpaired) electrons. The molecule has 0 aliphatic heterocycles. The van der Waals surface area contributed by atoms with E-state index in [4.69, 9.17) is 9.47 Å². The maximum Gasteiger partial charge on any atom is 0.355 e. The summed E-state index contributed by atoms with van der Waals surface area (Å²) in [5.74, 6) is 0.257. The van der Waals surface area contributed by atoms with Gasteiger partial charge in [0.15, 0.2) is 5.69 Å². The van der Waals surface area contributed by atoms with Crippen molar-refractivity contribution in [2.45, 2.75) is 0 Å². The molecule has 0 saturated carbocycles. The topological polar surface area (TPSA) is 94.4 Å². The van der Waals surface area contributed by atoms with Crippen LogP contribution >= 0.6 is 0 Å². The smallest absolute Gasteiger partial charge is 0.355 e. The molecule has 4 rings (SSSR count). The summed E-state index contributed by atoms with van der Waals surface area (Å²) in [6, 6.07) is 14.4. The number of ether oxygens (including phenoxy) is 2. The van der Waals surface area contributed by atoms with Crippen LogP contribution < -0.4 is 9.47 Å². The van der Waals surface area contributed by atoms with Crippen LogP contribution in [0.15, 0.2) is 60.9 Å². The van der Waals surface area contributed by atoms with Crippen molar-refractivity contribution in [2.75, 3.05) is 14.2 Å². The normalized spacial score (nSPS) is 10.7. The molecule has 144 valence electrons. The summed E-state index contributed by atoms with van der Waals surface area (Å²) in [5, 5.41) is 19.2. The van der Waals surface area contributed by atoms with Crippen LogP contribution in [0.4, 0.5) is 0 Å². The minimum Gasteiger partial charge on any atom is -0.497 e. The lowest BCUT2D eigenvalue weighted by Gasteiger charge is -2.14. The van der Waals surface area contributed by atoms with Gasteiger partial charge in [-0.2, -0.15) is 10.2 Å². The molecule has 29 heavy (non-hydrogen) atoms. The first-order valence-corrected chi connectivity index (χ1v) is 8.79. The van der Waals surface area contributed by atoms with Gasteiger partial charge in [-0.25, -0.2) is 9.78 Å². The molecule has 0 bridgehead atoms. The molecule has 0 saturated heterocycles. The zero-order valence-corrected chi connectivity index (χ0v) is 15.8. The number of hydrogen-bond acceptors (Lipinski definition) is 6. The molecule has 0 amide bonds. The zero-order valence-electron chi connectivity index (χ0n) is 15.8. The minimum atomic E-state index is -1.12. The van der Waals surface area contributed by atoms with Crippen molar-refractivity contribution >= 4 is 16.7 Å². The number of methoxy groups -OCH3 is 2. The lowest BCUT2D eigenvalue weighted by molar-refractivity contribution is 0.0691. The molecular weight excluding hydrogens is 370 g/mol. The van der Waals surface area contributed by atoms with Crippen molar-refractivity contribution in [1.82, 2.24) is 15.2 Å². The van der Waals surface area contributed by atoms with Crippen LogP contribution in [0.5, 0.6) is 11.5 Å². The Morgan fingerprint density at radius 3 is 1.83 bits per heavy atom. The Morgan fingerprint density at radius 2 is 1.31 bits per heavy atom. The van der Waals surface area contributed by atoms with Crippen molar-refractivity contribution in [3.8, 4) is 33.9 Å². The Balaban J connectivity index is 2.01. The molecule has 1 N–H and O–H groups in total. The number of aromatic carboxylic acids is 1. The SMILES string of the molecule is COc1ccc(-c2nc(C(=O)O)c(-c3ccc(OC)cc3)c3cnncc23)cc1. The number of hydrogen-bond donors (Lipinski definition) is 1. The van der Waals surface area contributed by atoms with Crippen molar-refractivity contribution in [3.05, 3.63) is 66.6 Å². The monoisotopic (exact) mass is 387 g/mol. The first-order valence-electron chi connectivity index (χ1n) is 8.79. The summed E-state index contributed by atoms with van der Waals surface area (Å²) < 4.78 is 10.4. The molecule has 0 spiro atoms. The van der Waals surface area contributed by atoms with Gasteiger partial charge in [0, 0.05) is 21.9 Å². The highest BCUT2D eigenvalue weighted by Crippen LogP contribution is 2.36. The van der Waals surface area contributed by atoms with Gasteiger partial charge in [-0.3, -0.25) is 0 Å². The average Bonchev–Trinajstić information content (AvgIpc) is 2.78. The number of carbonyl (C=O) groups is 1. The van der Waals surface area contributed by atoms with Gasteiger partial charge in [0.05, 0.1) is 32.3 Å². The highest BCUT2D eigenvalue weighted by atomic mass is 16.5. The fraction of sp³-hybridized carbons (Fsp3) is 0.0909.